The number of carbonyl (C=O) groups is 2. The van der Waals surface area contributed by atoms with E-state index >= 15 is 0 Å². The second kappa shape index (κ2) is 60.3. The topological polar surface area (TPSA) is 111 Å². The Balaban J connectivity index is 5.13. The van der Waals surface area contributed by atoms with Crippen molar-refractivity contribution in [2.45, 2.75) is 315 Å². The van der Waals surface area contributed by atoms with Gasteiger partial charge in [0.15, 0.2) is 0 Å². The second-order valence-electron chi connectivity index (χ2n) is 24.0. The normalized spacial score (nSPS) is 14.1. The molecule has 1 amide bonds. The summed E-state index contributed by atoms with van der Waals surface area (Å²) in [5.41, 5.74) is 0. The summed E-state index contributed by atoms with van der Waals surface area (Å²) in [7, 11) is 1.48. The Morgan fingerprint density at radius 1 is 0.432 bits per heavy atom. The minimum absolute atomic E-state index is 0.0347. The fourth-order valence-corrected chi connectivity index (χ4v) is 10.3. The van der Waals surface area contributed by atoms with E-state index in [4.69, 9.17) is 13.8 Å². The molecule has 0 bridgehead atoms. The number of quaternary nitrogens is 1. The number of nitrogens with zero attached hydrogens (tertiary/aromatic N) is 1. The Morgan fingerprint density at radius 2 is 0.753 bits per heavy atom. The molecule has 0 aliphatic rings. The Kier molecular flexibility index (Phi) is 58.2. The molecule has 0 aromatic heterocycles. The molecule has 10 heteroatoms. The molecule has 0 aromatic carbocycles. The van der Waals surface area contributed by atoms with Crippen LogP contribution in [0.4, 0.5) is 0 Å². The van der Waals surface area contributed by atoms with Crippen molar-refractivity contribution in [3.8, 4) is 0 Å². The minimum atomic E-state index is -4.46. The molecule has 3 atom stereocenters. The van der Waals surface area contributed by atoms with Crippen LogP contribution in [0.1, 0.15) is 303 Å². The summed E-state index contributed by atoms with van der Waals surface area (Å²) in [4.78, 5) is 37.8. The van der Waals surface area contributed by atoms with E-state index in [9.17, 15) is 19.0 Å². The van der Waals surface area contributed by atoms with Gasteiger partial charge in [-0.15, -0.1) is 0 Å². The number of unbranched alkanes of at least 4 members (excludes halogenated alkanes) is 33. The first-order valence-electron chi connectivity index (χ1n) is 33.9. The predicted molar refractivity (Wildman–Crippen MR) is 351 cm³/mol. The maximum Gasteiger partial charge on any atom is 0.472 e. The number of esters is 1. The molecule has 0 saturated carbocycles. The molecule has 0 aliphatic heterocycles. The zero-order chi connectivity index (χ0) is 59.3. The molecule has 81 heavy (non-hydrogen) atoms. The highest BCUT2D eigenvalue weighted by molar-refractivity contribution is 7.47. The van der Waals surface area contributed by atoms with Gasteiger partial charge < -0.3 is 19.4 Å². The molecule has 2 N–H and O–H groups in total. The zero-order valence-electron chi connectivity index (χ0n) is 53.8. The lowest BCUT2D eigenvalue weighted by Crippen LogP contribution is -2.47. The first kappa shape index (κ1) is 78.2. The predicted octanol–water partition coefficient (Wildman–Crippen LogP) is 21.3. The van der Waals surface area contributed by atoms with E-state index < -0.39 is 20.0 Å². The maximum absolute atomic E-state index is 13.6. The quantitative estimate of drug-likeness (QED) is 0.0205. The molecule has 0 fully saturated rings. The van der Waals surface area contributed by atoms with Crippen LogP contribution in [-0.2, 0) is 27.9 Å². The van der Waals surface area contributed by atoms with Gasteiger partial charge in [-0.1, -0.05) is 267 Å². The van der Waals surface area contributed by atoms with Crippen molar-refractivity contribution in [2.24, 2.45) is 0 Å². The lowest BCUT2D eigenvalue weighted by molar-refractivity contribution is -0.870. The second-order valence-corrected chi connectivity index (χ2v) is 25.4. The lowest BCUT2D eigenvalue weighted by atomic mass is 10.0. The number of amides is 1. The average molecular weight is 1150 g/mol. The third-order valence-corrected chi connectivity index (χ3v) is 15.8. The van der Waals surface area contributed by atoms with Gasteiger partial charge in [-0.3, -0.25) is 18.6 Å². The SMILES string of the molecule is CCCCC/C=C\C/C=C\C/C=C\C/C=C\CCCCCCCCCC(=O)NC(COP(=O)(O)OCC[N+](C)(C)C)C(/C=C/CCCCCCCCCCC)OC(=O)CCCCCCCCCCCCC/C=C\C/C=C\CCCCC. The largest absolute Gasteiger partial charge is 0.472 e. The summed E-state index contributed by atoms with van der Waals surface area (Å²) < 4.78 is 30.8. The highest BCUT2D eigenvalue weighted by atomic mass is 31.2. The summed E-state index contributed by atoms with van der Waals surface area (Å²) in [5.74, 6) is -0.516. The van der Waals surface area contributed by atoms with Crippen molar-refractivity contribution in [3.05, 3.63) is 85.1 Å². The average Bonchev–Trinajstić information content (AvgIpc) is 3.43. The van der Waals surface area contributed by atoms with Crippen LogP contribution >= 0.6 is 7.82 Å². The Hall–Kier alpha value is -2.81. The van der Waals surface area contributed by atoms with Gasteiger partial charge in [0.05, 0.1) is 33.8 Å². The number of nitrogens with one attached hydrogen (secondary N) is 1. The van der Waals surface area contributed by atoms with Crippen molar-refractivity contribution < 1.29 is 37.3 Å². The van der Waals surface area contributed by atoms with Gasteiger partial charge in [0, 0.05) is 12.8 Å². The molecule has 0 rings (SSSR count). The van der Waals surface area contributed by atoms with E-state index in [0.717, 1.165) is 96.3 Å². The molecule has 0 aromatic rings. The smallest absolute Gasteiger partial charge is 0.456 e. The fourth-order valence-electron chi connectivity index (χ4n) is 9.54. The van der Waals surface area contributed by atoms with E-state index in [1.165, 1.54) is 173 Å². The van der Waals surface area contributed by atoms with Gasteiger partial charge in [-0.25, -0.2) is 4.57 Å². The summed E-state index contributed by atoms with van der Waals surface area (Å²) in [6.07, 6.45) is 80.1. The van der Waals surface area contributed by atoms with Gasteiger partial charge in [-0.05, 0) is 109 Å². The number of phosphoric ester groups is 1. The van der Waals surface area contributed by atoms with Crippen molar-refractivity contribution in [3.63, 3.8) is 0 Å². The molecule has 0 saturated heterocycles. The first-order valence-corrected chi connectivity index (χ1v) is 35.4. The number of allylic oxidation sites excluding steroid dienone is 13. The molecule has 0 radical (unpaired) electrons. The zero-order valence-corrected chi connectivity index (χ0v) is 54.7. The highest BCUT2D eigenvalue weighted by Gasteiger charge is 2.30. The number of likely N-dealkylation sites (N-methyl/N-ethyl adjacent to an activating group) is 1. The third-order valence-electron chi connectivity index (χ3n) is 14.8. The maximum atomic E-state index is 13.6. The van der Waals surface area contributed by atoms with Crippen molar-refractivity contribution in [2.75, 3.05) is 40.9 Å². The van der Waals surface area contributed by atoms with E-state index in [2.05, 4.69) is 99.0 Å². The number of phosphoric acid groups is 1. The van der Waals surface area contributed by atoms with Crippen LogP contribution < -0.4 is 5.32 Å². The lowest BCUT2D eigenvalue weighted by Gasteiger charge is -2.27. The Bertz CT molecular complexity index is 1660. The van der Waals surface area contributed by atoms with Gasteiger partial charge in [0.1, 0.15) is 19.3 Å². The van der Waals surface area contributed by atoms with Crippen LogP contribution in [0.5, 0.6) is 0 Å². The van der Waals surface area contributed by atoms with Crippen LogP contribution in [0.2, 0.25) is 0 Å². The van der Waals surface area contributed by atoms with Gasteiger partial charge in [0.25, 0.3) is 0 Å². The Morgan fingerprint density at radius 3 is 1.15 bits per heavy atom. The molecule has 0 spiro atoms. The number of ether oxygens (including phenoxy) is 1. The van der Waals surface area contributed by atoms with E-state index in [1.54, 1.807) is 0 Å². The first-order chi connectivity index (χ1) is 39.4. The fraction of sp³-hybridized carbons (Fsp3) is 0.775. The number of hydrogen-bond donors (Lipinski definition) is 2. The number of rotatable bonds is 61. The van der Waals surface area contributed by atoms with E-state index in [-0.39, 0.29) is 31.5 Å². The molecular weight excluding hydrogens is 1020 g/mol. The molecule has 470 valence electrons. The molecule has 0 aliphatic carbocycles. The molecular formula is C71H130N2O7P+. The van der Waals surface area contributed by atoms with Gasteiger partial charge in [-0.2, -0.15) is 0 Å². The van der Waals surface area contributed by atoms with Crippen molar-refractivity contribution in [1.29, 1.82) is 0 Å². The van der Waals surface area contributed by atoms with Crippen molar-refractivity contribution in [1.82, 2.24) is 5.32 Å². The van der Waals surface area contributed by atoms with E-state index in [1.807, 2.05) is 33.3 Å². The summed E-state index contributed by atoms with van der Waals surface area (Å²) >= 11 is 0. The summed E-state index contributed by atoms with van der Waals surface area (Å²) in [5, 5.41) is 3.06. The third kappa shape index (κ3) is 61.6. The van der Waals surface area contributed by atoms with Gasteiger partial charge >= 0.3 is 13.8 Å². The minimum Gasteiger partial charge on any atom is -0.456 e. The standard InChI is InChI=1S/C71H129N2O7P/c1-7-10-13-16-19-22-25-27-29-31-33-35-36-38-39-41-43-45-48-51-54-57-60-63-70(74)72-68(67-79-81(76,77)78-66-65-73(4,5)6)69(62-59-56-53-50-47-24-21-18-15-12-9-3)80-71(75)64-61-58-55-52-49-46-44-42-40-37-34-32-30-28-26-23-20-17-14-11-8-2/h19-20,22-23,27-30,33,35,38-39,59,62,68-69H,7-18,21,24-26,31-32,34,36-37,40-58,60-61,63-67H2,1-6H3,(H-,72,74,76,77)/p+1/b22-19-,23-20-,29-27-,30-28-,35-33-,39-38-,62-59+. The number of carbonyl (C=O) groups excluding carboxylic acids is 2. The summed E-state index contributed by atoms with van der Waals surface area (Å²) in [6, 6.07) is -0.859. The van der Waals surface area contributed by atoms with Crippen LogP contribution in [0.25, 0.3) is 0 Å². The van der Waals surface area contributed by atoms with Crippen molar-refractivity contribution >= 4 is 19.7 Å². The van der Waals surface area contributed by atoms with Crippen LogP contribution in [0.3, 0.4) is 0 Å². The van der Waals surface area contributed by atoms with Crippen LogP contribution in [0.15, 0.2) is 85.1 Å². The Labute approximate surface area is 501 Å². The summed E-state index contributed by atoms with van der Waals surface area (Å²) in [6.45, 7) is 6.96. The molecule has 0 heterocycles. The molecule has 9 nitrogen and oxygen atoms in total. The monoisotopic (exact) mass is 1150 g/mol. The highest BCUT2D eigenvalue weighted by Crippen LogP contribution is 2.43. The number of hydrogen-bond acceptors (Lipinski definition) is 6. The molecule has 3 unspecified atom stereocenters. The van der Waals surface area contributed by atoms with Crippen LogP contribution in [0, 0.1) is 0 Å². The van der Waals surface area contributed by atoms with Crippen LogP contribution in [-0.4, -0.2) is 74.3 Å². The van der Waals surface area contributed by atoms with Gasteiger partial charge in [0.2, 0.25) is 5.91 Å². The van der Waals surface area contributed by atoms with E-state index in [0.29, 0.717) is 17.4 Å².